The summed E-state index contributed by atoms with van der Waals surface area (Å²) in [5, 5.41) is 2.12. The quantitative estimate of drug-likeness (QED) is 0.0866. The summed E-state index contributed by atoms with van der Waals surface area (Å²) in [6, 6.07) is 44.1. The minimum Gasteiger partial charge on any atom is -0.458 e. The summed E-state index contributed by atoms with van der Waals surface area (Å²) >= 11 is 0. The molecule has 0 bridgehead atoms. The van der Waals surface area contributed by atoms with Gasteiger partial charge in [0.05, 0.1) is 11.4 Å². The number of aromatic nitrogens is 4. The molecule has 0 N–H and O–H groups in total. The Morgan fingerprint density at radius 2 is 0.911 bits per heavy atom. The molecule has 0 atom stereocenters. The van der Waals surface area contributed by atoms with Gasteiger partial charge in [-0.05, 0) is 70.8 Å². The van der Waals surface area contributed by atoms with Gasteiger partial charge in [-0.3, -0.25) is 9.97 Å². The Balaban J connectivity index is 0.872. The highest BCUT2D eigenvalue weighted by Gasteiger charge is 2.11. The second kappa shape index (κ2) is 16.8. The van der Waals surface area contributed by atoms with E-state index < -0.39 is 11.9 Å². The fourth-order valence-electron chi connectivity index (χ4n) is 6.77. The van der Waals surface area contributed by atoms with E-state index in [0.29, 0.717) is 11.4 Å². The third-order valence-corrected chi connectivity index (χ3v) is 9.50. The summed E-state index contributed by atoms with van der Waals surface area (Å²) in [5.74, 6) is -0.894. The molecule has 0 amide bonds. The van der Waals surface area contributed by atoms with Gasteiger partial charge >= 0.3 is 11.9 Å². The average molecular weight is 735 g/mol. The van der Waals surface area contributed by atoms with E-state index in [1.165, 1.54) is 23.3 Å². The van der Waals surface area contributed by atoms with E-state index in [0.717, 1.165) is 57.1 Å². The summed E-state index contributed by atoms with van der Waals surface area (Å²) in [6.45, 7) is 1.61. The molecular weight excluding hydrogens is 697 g/mol. The van der Waals surface area contributed by atoms with Crippen LogP contribution in [0.5, 0.6) is 0 Å². The first-order chi connectivity index (χ1) is 27.6. The van der Waals surface area contributed by atoms with Crippen molar-refractivity contribution in [2.24, 2.45) is 0 Å². The number of esters is 2. The van der Waals surface area contributed by atoms with E-state index in [2.05, 4.69) is 80.0 Å². The molecule has 0 unspecified atom stereocenters. The second-order valence-corrected chi connectivity index (χ2v) is 13.4. The molecule has 0 aliphatic rings. The normalized spacial score (nSPS) is 11.5. The van der Waals surface area contributed by atoms with Crippen LogP contribution in [-0.4, -0.2) is 31.0 Å². The summed E-state index contributed by atoms with van der Waals surface area (Å²) < 4.78 is 15.6. The minimum atomic E-state index is -0.447. The third-order valence-electron chi connectivity index (χ3n) is 9.50. The van der Waals surface area contributed by atoms with Crippen LogP contribution < -0.4 is 0 Å². The van der Waals surface area contributed by atoms with Crippen molar-refractivity contribution in [2.75, 3.05) is 0 Å². The predicted octanol–water partition coefficient (Wildman–Crippen LogP) is 9.66. The van der Waals surface area contributed by atoms with Gasteiger partial charge in [0.1, 0.15) is 13.2 Å². The van der Waals surface area contributed by atoms with Crippen LogP contribution in [0.2, 0.25) is 0 Å². The molecule has 0 saturated heterocycles. The molecule has 0 aliphatic heterocycles. The van der Waals surface area contributed by atoms with E-state index in [1.54, 1.807) is 36.7 Å². The fraction of sp³-hybridized carbons (Fsp3) is 0.0833. The zero-order chi connectivity index (χ0) is 38.1. The topological polar surface area (TPSA) is 88.2 Å². The first-order valence-corrected chi connectivity index (χ1v) is 18.4. The van der Waals surface area contributed by atoms with E-state index in [9.17, 15) is 9.59 Å². The van der Waals surface area contributed by atoms with Crippen molar-refractivity contribution >= 4 is 45.9 Å². The van der Waals surface area contributed by atoms with Crippen molar-refractivity contribution in [1.29, 1.82) is 0 Å². The molecule has 4 heterocycles. The fourth-order valence-corrected chi connectivity index (χ4v) is 6.77. The van der Waals surface area contributed by atoms with Gasteiger partial charge in [-0.2, -0.15) is 0 Å². The number of carbonyl (C=O) groups is 2. The van der Waals surface area contributed by atoms with Gasteiger partial charge in [0.2, 0.25) is 0 Å². The highest BCUT2D eigenvalue weighted by molar-refractivity contribution is 5.95. The molecule has 8 nitrogen and oxygen atoms in total. The maximum atomic E-state index is 12.8. The van der Waals surface area contributed by atoms with Crippen molar-refractivity contribution in [3.8, 4) is 11.4 Å². The average Bonchev–Trinajstić information content (AvgIpc) is 3.78. The van der Waals surface area contributed by atoms with Crippen molar-refractivity contribution in [1.82, 2.24) is 19.1 Å². The van der Waals surface area contributed by atoms with Gasteiger partial charge < -0.3 is 18.6 Å². The molecule has 0 radical (unpaired) electrons. The molecule has 8 heteroatoms. The van der Waals surface area contributed by atoms with E-state index in [1.807, 2.05) is 72.8 Å². The van der Waals surface area contributed by atoms with Crippen LogP contribution in [0.1, 0.15) is 33.4 Å². The third kappa shape index (κ3) is 8.56. The lowest BCUT2D eigenvalue weighted by Gasteiger charge is -2.07. The maximum Gasteiger partial charge on any atom is 0.331 e. The van der Waals surface area contributed by atoms with Gasteiger partial charge in [-0.15, -0.1) is 0 Å². The van der Waals surface area contributed by atoms with Crippen LogP contribution in [0.4, 0.5) is 0 Å². The van der Waals surface area contributed by atoms with Gasteiger partial charge in [0.15, 0.2) is 0 Å². The molecule has 4 aromatic carbocycles. The van der Waals surface area contributed by atoms with Crippen LogP contribution in [0.15, 0.2) is 170 Å². The predicted molar refractivity (Wildman–Crippen MR) is 220 cm³/mol. The standard InChI is InChI=1S/C48H38N4O4/c53-47(21-19-39-31-51(29-35-11-3-1-4-12-35)45-17-9-7-15-41(39)45)55-33-37-23-25-49-43(27-37)44-28-38(24-26-50-44)34-56-48(54)22-20-40-32-52(30-36-13-5-2-6-14-36)46-18-10-8-16-42(40)46/h1-28,31-32H,29-30,33-34H2/b21-19+,22-20+. The number of nitrogens with zero attached hydrogens (tertiary/aromatic N) is 4. The summed E-state index contributed by atoms with van der Waals surface area (Å²) in [6.07, 6.45) is 14.0. The molecular formula is C48H38N4O4. The molecule has 8 rings (SSSR count). The van der Waals surface area contributed by atoms with Crippen molar-refractivity contribution < 1.29 is 19.1 Å². The van der Waals surface area contributed by atoms with E-state index >= 15 is 0 Å². The highest BCUT2D eigenvalue weighted by Crippen LogP contribution is 2.25. The number of hydrogen-bond donors (Lipinski definition) is 0. The van der Waals surface area contributed by atoms with E-state index in [4.69, 9.17) is 9.47 Å². The zero-order valence-corrected chi connectivity index (χ0v) is 30.6. The second-order valence-electron chi connectivity index (χ2n) is 13.4. The lowest BCUT2D eigenvalue weighted by molar-refractivity contribution is -0.139. The van der Waals surface area contributed by atoms with Crippen LogP contribution in [-0.2, 0) is 45.4 Å². The number of para-hydroxylation sites is 2. The van der Waals surface area contributed by atoms with E-state index in [-0.39, 0.29) is 13.2 Å². The van der Waals surface area contributed by atoms with Crippen LogP contribution >= 0.6 is 0 Å². The molecule has 0 spiro atoms. The van der Waals surface area contributed by atoms with Gasteiger partial charge in [-0.1, -0.05) is 97.1 Å². The molecule has 0 aliphatic carbocycles. The Labute approximate surface area is 324 Å². The van der Waals surface area contributed by atoms with Gasteiger partial charge in [0.25, 0.3) is 0 Å². The summed E-state index contributed by atoms with van der Waals surface area (Å²) in [4.78, 5) is 34.6. The zero-order valence-electron chi connectivity index (χ0n) is 30.6. The summed E-state index contributed by atoms with van der Waals surface area (Å²) in [7, 11) is 0. The minimum absolute atomic E-state index is 0.0724. The number of rotatable bonds is 13. The monoisotopic (exact) mass is 734 g/mol. The van der Waals surface area contributed by atoms with Crippen molar-refractivity contribution in [3.63, 3.8) is 0 Å². The molecule has 56 heavy (non-hydrogen) atoms. The number of hydrogen-bond acceptors (Lipinski definition) is 6. The number of pyridine rings is 2. The number of carbonyl (C=O) groups excluding carboxylic acids is 2. The molecule has 0 saturated carbocycles. The Bertz CT molecular complexity index is 2510. The number of benzene rings is 4. The molecule has 8 aromatic rings. The first-order valence-electron chi connectivity index (χ1n) is 18.4. The molecule has 0 fully saturated rings. The van der Waals surface area contributed by atoms with Crippen LogP contribution in [0, 0.1) is 0 Å². The smallest absolute Gasteiger partial charge is 0.331 e. The lowest BCUT2D eigenvalue weighted by atomic mass is 10.1. The van der Waals surface area contributed by atoms with Crippen LogP contribution in [0.3, 0.4) is 0 Å². The van der Waals surface area contributed by atoms with Gasteiger partial charge in [-0.25, -0.2) is 9.59 Å². The van der Waals surface area contributed by atoms with Crippen molar-refractivity contribution in [2.45, 2.75) is 26.3 Å². The Hall–Kier alpha value is -7.32. The maximum absolute atomic E-state index is 12.8. The number of ether oxygens (including phenoxy) is 2. The molecule has 4 aromatic heterocycles. The largest absolute Gasteiger partial charge is 0.458 e. The SMILES string of the molecule is O=C(/C=C/c1cn(Cc2ccccc2)c2ccccc12)OCc1ccnc(-c2cc(COC(=O)/C=C/c3cn(Cc4ccccc4)c4ccccc34)ccn2)c1. The Morgan fingerprint density at radius 3 is 1.36 bits per heavy atom. The Morgan fingerprint density at radius 1 is 0.500 bits per heavy atom. The Kier molecular flexibility index (Phi) is 10.7. The highest BCUT2D eigenvalue weighted by atomic mass is 16.5. The van der Waals surface area contributed by atoms with Crippen molar-refractivity contribution in [3.05, 3.63) is 204 Å². The summed E-state index contributed by atoms with van der Waals surface area (Å²) in [5.41, 5.74) is 9.23. The number of fused-ring (bicyclic) bond motifs is 2. The van der Waals surface area contributed by atoms with Gasteiger partial charge in [0, 0.05) is 83.0 Å². The van der Waals surface area contributed by atoms with Crippen LogP contribution in [0.25, 0.3) is 45.3 Å². The lowest BCUT2D eigenvalue weighted by Crippen LogP contribution is -2.02. The molecule has 274 valence electrons. The first kappa shape index (κ1) is 35.7.